The zero-order valence-electron chi connectivity index (χ0n) is 20.7. The Bertz CT molecular complexity index is 1350. The van der Waals surface area contributed by atoms with Gasteiger partial charge in [0.2, 0.25) is 0 Å². The van der Waals surface area contributed by atoms with Crippen molar-refractivity contribution in [2.45, 2.75) is 57.0 Å². The highest BCUT2D eigenvalue weighted by molar-refractivity contribution is 5.85. The molecule has 5 heteroatoms. The lowest BCUT2D eigenvalue weighted by Gasteiger charge is -2.23. The van der Waals surface area contributed by atoms with E-state index in [0.717, 1.165) is 57.7 Å². The van der Waals surface area contributed by atoms with Gasteiger partial charge >= 0.3 is 5.97 Å². The van der Waals surface area contributed by atoms with Crippen molar-refractivity contribution < 1.29 is 19.5 Å². The number of hydrogen-bond donors (Lipinski definition) is 2. The fourth-order valence-corrected chi connectivity index (χ4v) is 5.01. The molecule has 184 valence electrons. The number of carboxylic acid groups (broad SMARTS) is 1. The van der Waals surface area contributed by atoms with Crippen LogP contribution in [0.1, 0.15) is 55.0 Å². The minimum atomic E-state index is -0.882. The number of nitrogens with zero attached hydrogens (tertiary/aromatic N) is 1. The molecular formula is C31H31NO4. The highest BCUT2D eigenvalue weighted by Crippen LogP contribution is 2.48. The maximum atomic E-state index is 11.6. The standard InChI is InChI=1S/C31H31NO4/c1-21-27(9-6-18-30(2,35)25-7-4-3-5-8-25)28(36-32-21)24-12-10-22(11-13-24)23-14-16-26(17-15-23)31(19-20-31)29(33)34/h3-5,7-8,10-17,35H,6,9,18-20H2,1-2H3,(H,33,34). The summed E-state index contributed by atoms with van der Waals surface area (Å²) in [6, 6.07) is 25.8. The van der Waals surface area contributed by atoms with Crippen LogP contribution in [0.15, 0.2) is 83.4 Å². The second kappa shape index (κ2) is 9.40. The molecule has 0 saturated heterocycles. The molecule has 1 heterocycles. The van der Waals surface area contributed by atoms with Crippen LogP contribution in [0.4, 0.5) is 0 Å². The third-order valence-electron chi connectivity index (χ3n) is 7.55. The van der Waals surface area contributed by atoms with E-state index in [9.17, 15) is 15.0 Å². The largest absolute Gasteiger partial charge is 0.481 e. The first-order valence-electron chi connectivity index (χ1n) is 12.5. The molecular weight excluding hydrogens is 450 g/mol. The molecule has 0 amide bonds. The van der Waals surface area contributed by atoms with Crippen molar-refractivity contribution in [2.24, 2.45) is 0 Å². The number of carbonyl (C=O) groups is 1. The summed E-state index contributed by atoms with van der Waals surface area (Å²) in [4.78, 5) is 11.6. The summed E-state index contributed by atoms with van der Waals surface area (Å²) in [6.07, 6.45) is 3.62. The van der Waals surface area contributed by atoms with Crippen molar-refractivity contribution in [1.29, 1.82) is 0 Å². The monoisotopic (exact) mass is 481 g/mol. The van der Waals surface area contributed by atoms with Crippen LogP contribution in [0.25, 0.3) is 22.5 Å². The van der Waals surface area contributed by atoms with Gasteiger partial charge in [-0.05, 0) is 68.2 Å². The average Bonchev–Trinajstić information content (AvgIpc) is 3.64. The van der Waals surface area contributed by atoms with E-state index in [2.05, 4.69) is 17.3 Å². The van der Waals surface area contributed by atoms with E-state index >= 15 is 0 Å². The Morgan fingerprint density at radius 3 is 2.11 bits per heavy atom. The van der Waals surface area contributed by atoms with Crippen LogP contribution in [0.3, 0.4) is 0 Å². The summed E-state index contributed by atoms with van der Waals surface area (Å²) < 4.78 is 5.71. The number of rotatable bonds is 9. The van der Waals surface area contributed by atoms with Gasteiger partial charge in [0.05, 0.1) is 16.7 Å². The van der Waals surface area contributed by atoms with Crippen LogP contribution in [0.5, 0.6) is 0 Å². The molecule has 4 aromatic rings. The lowest BCUT2D eigenvalue weighted by Crippen LogP contribution is -2.21. The van der Waals surface area contributed by atoms with Crippen LogP contribution < -0.4 is 0 Å². The Morgan fingerprint density at radius 1 is 0.944 bits per heavy atom. The summed E-state index contributed by atoms with van der Waals surface area (Å²) in [5, 5.41) is 24.7. The minimum absolute atomic E-state index is 0.638. The molecule has 0 aliphatic heterocycles. The molecule has 1 aliphatic rings. The maximum Gasteiger partial charge on any atom is 0.314 e. The van der Waals surface area contributed by atoms with Crippen molar-refractivity contribution in [3.05, 3.63) is 101 Å². The molecule has 5 rings (SSSR count). The number of benzene rings is 3. The van der Waals surface area contributed by atoms with Crippen molar-refractivity contribution in [3.8, 4) is 22.5 Å². The molecule has 0 spiro atoms. The summed E-state index contributed by atoms with van der Waals surface area (Å²) in [6.45, 7) is 3.82. The number of carboxylic acids is 1. The highest BCUT2D eigenvalue weighted by Gasteiger charge is 2.51. The van der Waals surface area contributed by atoms with E-state index in [1.54, 1.807) is 0 Å². The average molecular weight is 482 g/mol. The number of hydrogen-bond acceptors (Lipinski definition) is 4. The van der Waals surface area contributed by atoms with Crippen LogP contribution >= 0.6 is 0 Å². The van der Waals surface area contributed by atoms with Gasteiger partial charge in [0.15, 0.2) is 5.76 Å². The Balaban J connectivity index is 1.28. The molecule has 5 nitrogen and oxygen atoms in total. The smallest absolute Gasteiger partial charge is 0.314 e. The zero-order valence-corrected chi connectivity index (χ0v) is 20.7. The van der Waals surface area contributed by atoms with Crippen molar-refractivity contribution in [2.75, 3.05) is 0 Å². The molecule has 36 heavy (non-hydrogen) atoms. The Kier molecular flexibility index (Phi) is 6.27. The van der Waals surface area contributed by atoms with Crippen LogP contribution in [-0.2, 0) is 22.2 Å². The van der Waals surface area contributed by atoms with Gasteiger partial charge in [0.25, 0.3) is 0 Å². The predicted molar refractivity (Wildman–Crippen MR) is 140 cm³/mol. The molecule has 3 aromatic carbocycles. The van der Waals surface area contributed by atoms with Crippen molar-refractivity contribution in [1.82, 2.24) is 5.16 Å². The molecule has 1 fully saturated rings. The second-order valence-corrected chi connectivity index (χ2v) is 10.1. The first-order valence-corrected chi connectivity index (χ1v) is 12.5. The summed E-state index contributed by atoms with van der Waals surface area (Å²) >= 11 is 0. The lowest BCUT2D eigenvalue weighted by atomic mass is 9.89. The first-order chi connectivity index (χ1) is 17.3. The fraction of sp³-hybridized carbons (Fsp3) is 0.290. The summed E-state index contributed by atoms with van der Waals surface area (Å²) in [7, 11) is 0. The van der Waals surface area contributed by atoms with Crippen molar-refractivity contribution in [3.63, 3.8) is 0 Å². The molecule has 1 aliphatic carbocycles. The predicted octanol–water partition coefficient (Wildman–Crippen LogP) is 6.66. The van der Waals surface area contributed by atoms with E-state index in [1.165, 1.54) is 0 Å². The van der Waals surface area contributed by atoms with Gasteiger partial charge in [-0.25, -0.2) is 0 Å². The van der Waals surface area contributed by atoms with E-state index < -0.39 is 17.0 Å². The van der Waals surface area contributed by atoms with Gasteiger partial charge < -0.3 is 14.7 Å². The minimum Gasteiger partial charge on any atom is -0.481 e. The van der Waals surface area contributed by atoms with Gasteiger partial charge in [0.1, 0.15) is 0 Å². The Hall–Kier alpha value is -3.70. The zero-order chi connectivity index (χ0) is 25.3. The molecule has 1 saturated carbocycles. The normalized spacial score (nSPS) is 15.9. The lowest BCUT2D eigenvalue weighted by molar-refractivity contribution is -0.140. The topological polar surface area (TPSA) is 83.6 Å². The van der Waals surface area contributed by atoms with E-state index in [-0.39, 0.29) is 0 Å². The quantitative estimate of drug-likeness (QED) is 0.279. The Morgan fingerprint density at radius 2 is 1.53 bits per heavy atom. The van der Waals surface area contributed by atoms with Crippen LogP contribution in [0, 0.1) is 6.92 Å². The third kappa shape index (κ3) is 4.59. The summed E-state index contributed by atoms with van der Waals surface area (Å²) in [5.74, 6) is 0.0346. The van der Waals surface area contributed by atoms with E-state index in [0.29, 0.717) is 19.3 Å². The van der Waals surface area contributed by atoms with Crippen LogP contribution in [0.2, 0.25) is 0 Å². The molecule has 1 aromatic heterocycles. The molecule has 1 atom stereocenters. The van der Waals surface area contributed by atoms with Gasteiger partial charge in [-0.3, -0.25) is 4.79 Å². The van der Waals surface area contributed by atoms with E-state index in [1.807, 2.05) is 80.6 Å². The number of aromatic nitrogens is 1. The summed E-state index contributed by atoms with van der Waals surface area (Å²) in [5.41, 5.74) is 5.24. The van der Waals surface area contributed by atoms with Gasteiger partial charge in [-0.15, -0.1) is 0 Å². The molecule has 1 unspecified atom stereocenters. The van der Waals surface area contributed by atoms with Crippen LogP contribution in [-0.4, -0.2) is 21.3 Å². The molecule has 0 bridgehead atoms. The molecule has 2 N–H and O–H groups in total. The number of aryl methyl sites for hydroxylation is 1. The SMILES string of the molecule is Cc1noc(-c2ccc(-c3ccc(C4(C(=O)O)CC4)cc3)cc2)c1CCCC(C)(O)c1ccccc1. The fourth-order valence-electron chi connectivity index (χ4n) is 5.01. The van der Waals surface area contributed by atoms with Crippen molar-refractivity contribution >= 4 is 5.97 Å². The second-order valence-electron chi connectivity index (χ2n) is 10.1. The first kappa shape index (κ1) is 24.0. The molecule has 0 radical (unpaired) electrons. The van der Waals surface area contributed by atoms with Gasteiger partial charge in [0, 0.05) is 11.1 Å². The van der Waals surface area contributed by atoms with Gasteiger partial charge in [-0.1, -0.05) is 84.0 Å². The number of aliphatic carboxylic acids is 1. The van der Waals surface area contributed by atoms with Gasteiger partial charge in [-0.2, -0.15) is 0 Å². The third-order valence-corrected chi connectivity index (χ3v) is 7.55. The van der Waals surface area contributed by atoms with E-state index in [4.69, 9.17) is 4.52 Å². The maximum absolute atomic E-state index is 11.6. The number of aliphatic hydroxyl groups is 1. The Labute approximate surface area is 211 Å². The highest BCUT2D eigenvalue weighted by atomic mass is 16.5.